The van der Waals surface area contributed by atoms with Gasteiger partial charge in [-0.3, -0.25) is 9.59 Å². The molecule has 1 heterocycles. The van der Waals surface area contributed by atoms with Gasteiger partial charge in [-0.25, -0.2) is 4.99 Å². The lowest BCUT2D eigenvalue weighted by Gasteiger charge is -2.10. The van der Waals surface area contributed by atoms with E-state index in [9.17, 15) is 9.59 Å². The van der Waals surface area contributed by atoms with Crippen LogP contribution >= 0.6 is 11.8 Å². The number of hydrogen-bond donors (Lipinski definition) is 2. The number of benzene rings is 2. The number of amidine groups is 1. The van der Waals surface area contributed by atoms with Gasteiger partial charge in [-0.1, -0.05) is 54.6 Å². The number of nitrogens with zero attached hydrogens (tertiary/aromatic N) is 1. The molecular formula is C22H25N3O2S. The van der Waals surface area contributed by atoms with Crippen molar-refractivity contribution in [2.24, 2.45) is 4.99 Å². The largest absolute Gasteiger partial charge is 0.326 e. The predicted octanol–water partition coefficient (Wildman–Crippen LogP) is 4.42. The van der Waals surface area contributed by atoms with Crippen molar-refractivity contribution in [1.29, 1.82) is 0 Å². The van der Waals surface area contributed by atoms with Crippen LogP contribution in [0.25, 0.3) is 0 Å². The van der Waals surface area contributed by atoms with Crippen molar-refractivity contribution in [3.05, 3.63) is 58.7 Å². The molecule has 0 aromatic heterocycles. The lowest BCUT2D eigenvalue weighted by Crippen LogP contribution is -2.28. The summed E-state index contributed by atoms with van der Waals surface area (Å²) in [5, 5.41) is 5.80. The summed E-state index contributed by atoms with van der Waals surface area (Å²) < 4.78 is 0. The van der Waals surface area contributed by atoms with Crippen LogP contribution in [0.5, 0.6) is 0 Å². The molecule has 0 bridgehead atoms. The Hall–Kier alpha value is -2.60. The minimum absolute atomic E-state index is 0.108. The molecule has 1 aliphatic rings. The summed E-state index contributed by atoms with van der Waals surface area (Å²) in [6, 6.07) is 11.9. The monoisotopic (exact) mass is 395 g/mol. The van der Waals surface area contributed by atoms with E-state index in [-0.39, 0.29) is 18.2 Å². The fourth-order valence-electron chi connectivity index (χ4n) is 3.18. The van der Waals surface area contributed by atoms with Crippen molar-refractivity contribution in [2.45, 2.75) is 45.8 Å². The Morgan fingerprint density at radius 1 is 1.18 bits per heavy atom. The van der Waals surface area contributed by atoms with Crippen LogP contribution in [-0.4, -0.2) is 22.2 Å². The van der Waals surface area contributed by atoms with Gasteiger partial charge in [0.1, 0.15) is 5.25 Å². The maximum absolute atomic E-state index is 12.4. The Morgan fingerprint density at radius 3 is 2.68 bits per heavy atom. The van der Waals surface area contributed by atoms with E-state index in [4.69, 9.17) is 0 Å². The zero-order chi connectivity index (χ0) is 20.3. The lowest BCUT2D eigenvalue weighted by atomic mass is 10.1. The number of para-hydroxylation sites is 1. The molecule has 2 aromatic rings. The van der Waals surface area contributed by atoms with E-state index < -0.39 is 5.25 Å². The number of carbonyl (C=O) groups excluding carboxylic acids is 2. The highest BCUT2D eigenvalue weighted by atomic mass is 32.2. The number of rotatable bonds is 5. The molecule has 0 aliphatic carbocycles. The van der Waals surface area contributed by atoms with Crippen molar-refractivity contribution in [1.82, 2.24) is 5.32 Å². The van der Waals surface area contributed by atoms with E-state index in [1.54, 1.807) is 0 Å². The molecule has 3 rings (SSSR count). The first kappa shape index (κ1) is 20.1. The van der Waals surface area contributed by atoms with Crippen LogP contribution in [0.3, 0.4) is 0 Å². The molecule has 0 spiro atoms. The van der Waals surface area contributed by atoms with Gasteiger partial charge in [0.05, 0.1) is 5.69 Å². The molecule has 6 heteroatoms. The third kappa shape index (κ3) is 4.62. The van der Waals surface area contributed by atoms with Crippen LogP contribution in [0.1, 0.15) is 35.6 Å². The molecule has 0 unspecified atom stereocenters. The Labute approximate surface area is 170 Å². The SMILES string of the molecule is CCc1cccc(C)c1N=C1NC(=O)[C@@H](CC(=O)Nc2ccc(C)cc2C)S1. The van der Waals surface area contributed by atoms with Crippen molar-refractivity contribution < 1.29 is 9.59 Å². The maximum Gasteiger partial charge on any atom is 0.240 e. The van der Waals surface area contributed by atoms with E-state index in [1.807, 2.05) is 57.2 Å². The Balaban J connectivity index is 1.69. The Morgan fingerprint density at radius 2 is 1.96 bits per heavy atom. The highest BCUT2D eigenvalue weighted by Crippen LogP contribution is 2.30. The zero-order valence-corrected chi connectivity index (χ0v) is 17.4. The molecule has 28 heavy (non-hydrogen) atoms. The minimum Gasteiger partial charge on any atom is -0.326 e. The quantitative estimate of drug-likeness (QED) is 0.787. The Kier molecular flexibility index (Phi) is 6.19. The summed E-state index contributed by atoms with van der Waals surface area (Å²) in [5.74, 6) is -0.350. The van der Waals surface area contributed by atoms with Gasteiger partial charge in [0.15, 0.2) is 5.17 Å². The van der Waals surface area contributed by atoms with Crippen molar-refractivity contribution in [2.75, 3.05) is 5.32 Å². The van der Waals surface area contributed by atoms with Crippen molar-refractivity contribution >= 4 is 40.1 Å². The Bertz CT molecular complexity index is 953. The predicted molar refractivity (Wildman–Crippen MR) is 116 cm³/mol. The van der Waals surface area contributed by atoms with Crippen LogP contribution in [0, 0.1) is 20.8 Å². The van der Waals surface area contributed by atoms with Crippen LogP contribution in [0.2, 0.25) is 0 Å². The average molecular weight is 396 g/mol. The number of aliphatic imine (C=N–C) groups is 1. The molecule has 1 atom stereocenters. The number of aryl methyl sites for hydroxylation is 4. The summed E-state index contributed by atoms with van der Waals surface area (Å²) in [4.78, 5) is 29.4. The molecule has 2 amide bonds. The smallest absolute Gasteiger partial charge is 0.240 e. The number of nitrogens with one attached hydrogen (secondary N) is 2. The van der Waals surface area contributed by atoms with Gasteiger partial charge in [-0.15, -0.1) is 0 Å². The van der Waals surface area contributed by atoms with Crippen molar-refractivity contribution in [3.63, 3.8) is 0 Å². The van der Waals surface area contributed by atoms with Gasteiger partial charge in [-0.2, -0.15) is 0 Å². The molecule has 0 radical (unpaired) electrons. The zero-order valence-electron chi connectivity index (χ0n) is 16.6. The lowest BCUT2D eigenvalue weighted by molar-refractivity contribution is -0.122. The first-order chi connectivity index (χ1) is 13.4. The molecule has 1 fully saturated rings. The second-order valence-electron chi connectivity index (χ2n) is 7.02. The minimum atomic E-state index is -0.474. The summed E-state index contributed by atoms with van der Waals surface area (Å²) >= 11 is 1.32. The molecule has 1 saturated heterocycles. The number of thioether (sulfide) groups is 1. The second-order valence-corrected chi connectivity index (χ2v) is 8.21. The number of carbonyl (C=O) groups is 2. The van der Waals surface area contributed by atoms with E-state index in [0.29, 0.717) is 5.17 Å². The second kappa shape index (κ2) is 8.61. The molecule has 5 nitrogen and oxygen atoms in total. The summed E-state index contributed by atoms with van der Waals surface area (Å²) in [7, 11) is 0. The third-order valence-corrected chi connectivity index (χ3v) is 5.80. The fraction of sp³-hybridized carbons (Fsp3) is 0.318. The average Bonchev–Trinajstić information content (AvgIpc) is 2.98. The normalized spacial score (nSPS) is 17.6. The van der Waals surface area contributed by atoms with Gasteiger partial charge < -0.3 is 10.6 Å². The van der Waals surface area contributed by atoms with Gasteiger partial charge >= 0.3 is 0 Å². The molecule has 1 aliphatic heterocycles. The summed E-state index contributed by atoms with van der Waals surface area (Å²) in [6.07, 6.45) is 0.978. The molecule has 2 aromatic carbocycles. The third-order valence-electron chi connectivity index (χ3n) is 4.72. The number of amides is 2. The van der Waals surface area contributed by atoms with E-state index in [2.05, 4.69) is 22.5 Å². The van der Waals surface area contributed by atoms with E-state index in [1.165, 1.54) is 11.8 Å². The topological polar surface area (TPSA) is 70.6 Å². The van der Waals surface area contributed by atoms with Gasteiger partial charge in [0.25, 0.3) is 0 Å². The van der Waals surface area contributed by atoms with Crippen LogP contribution in [-0.2, 0) is 16.0 Å². The highest BCUT2D eigenvalue weighted by Gasteiger charge is 2.32. The molecule has 2 N–H and O–H groups in total. The first-order valence-electron chi connectivity index (χ1n) is 9.39. The van der Waals surface area contributed by atoms with Gasteiger partial charge in [0, 0.05) is 12.1 Å². The van der Waals surface area contributed by atoms with Crippen LogP contribution in [0.15, 0.2) is 41.4 Å². The molecular weight excluding hydrogens is 370 g/mol. The van der Waals surface area contributed by atoms with Crippen molar-refractivity contribution in [3.8, 4) is 0 Å². The first-order valence-corrected chi connectivity index (χ1v) is 10.3. The van der Waals surface area contributed by atoms with Crippen LogP contribution < -0.4 is 10.6 Å². The molecule has 146 valence electrons. The standard InChI is InChI=1S/C22H25N3O2S/c1-5-16-8-6-7-14(3)20(16)24-22-25-21(27)18(28-22)12-19(26)23-17-10-9-13(2)11-15(17)4/h6-11,18H,5,12H2,1-4H3,(H,23,26)(H,24,25,27)/t18-/m1/s1. The highest BCUT2D eigenvalue weighted by molar-refractivity contribution is 8.15. The summed E-state index contributed by atoms with van der Waals surface area (Å²) in [5.41, 5.74) is 6.03. The number of hydrogen-bond acceptors (Lipinski definition) is 4. The van der Waals surface area contributed by atoms with Gasteiger partial charge in [-0.05, 0) is 49.9 Å². The van der Waals surface area contributed by atoms with Crippen LogP contribution in [0.4, 0.5) is 11.4 Å². The summed E-state index contributed by atoms with van der Waals surface area (Å²) in [6.45, 7) is 8.06. The maximum atomic E-state index is 12.4. The molecule has 0 saturated carbocycles. The van der Waals surface area contributed by atoms with E-state index in [0.717, 1.165) is 40.0 Å². The van der Waals surface area contributed by atoms with Gasteiger partial charge in [0.2, 0.25) is 11.8 Å². The fourth-order valence-corrected chi connectivity index (χ4v) is 4.16. The number of anilines is 1. The van der Waals surface area contributed by atoms with E-state index >= 15 is 0 Å².